The summed E-state index contributed by atoms with van der Waals surface area (Å²) < 4.78 is 2.27. The van der Waals surface area contributed by atoms with E-state index in [0.717, 1.165) is 33.3 Å². The van der Waals surface area contributed by atoms with E-state index in [4.69, 9.17) is 15.0 Å². The van der Waals surface area contributed by atoms with Crippen molar-refractivity contribution in [2.75, 3.05) is 0 Å². The van der Waals surface area contributed by atoms with Gasteiger partial charge in [-0.15, -0.1) is 0 Å². The van der Waals surface area contributed by atoms with E-state index in [0.29, 0.717) is 17.6 Å². The average molecular weight is 725 g/mol. The summed E-state index contributed by atoms with van der Waals surface area (Å²) >= 11 is 0. The van der Waals surface area contributed by atoms with Crippen LogP contribution in [0, 0.1) is 0 Å². The maximum atomic E-state index is 5.35. The molecule has 0 amide bonds. The molecule has 2 heterocycles. The van der Waals surface area contributed by atoms with Gasteiger partial charge in [0.2, 0.25) is 5.95 Å². The zero-order chi connectivity index (χ0) is 37.5. The van der Waals surface area contributed by atoms with Crippen LogP contribution in [0.15, 0.2) is 194 Å². The molecular weight excluding hydrogens is 693 g/mol. The fraction of sp³-hybridized carbons (Fsp3) is 0. The predicted molar refractivity (Wildman–Crippen MR) is 235 cm³/mol. The van der Waals surface area contributed by atoms with Gasteiger partial charge in [-0.25, -0.2) is 4.98 Å². The number of rotatable bonds is 5. The molecule has 9 aromatic carbocycles. The molecule has 4 heteroatoms. The van der Waals surface area contributed by atoms with Crippen LogP contribution in [0.4, 0.5) is 0 Å². The smallest absolute Gasteiger partial charge is 0.238 e. The van der Waals surface area contributed by atoms with Crippen LogP contribution >= 0.6 is 0 Å². The second-order valence-corrected chi connectivity index (χ2v) is 14.8. The Morgan fingerprint density at radius 1 is 0.298 bits per heavy atom. The van der Waals surface area contributed by atoms with Crippen LogP contribution in [-0.2, 0) is 0 Å². The summed E-state index contributed by atoms with van der Waals surface area (Å²) in [6.45, 7) is 0. The second-order valence-electron chi connectivity index (χ2n) is 14.8. The maximum absolute atomic E-state index is 5.35. The Kier molecular flexibility index (Phi) is 6.89. The molecule has 1 aliphatic carbocycles. The Morgan fingerprint density at radius 3 is 1.40 bits per heavy atom. The van der Waals surface area contributed by atoms with Crippen LogP contribution in [0.25, 0.3) is 117 Å². The third-order valence-corrected chi connectivity index (χ3v) is 11.6. The summed E-state index contributed by atoms with van der Waals surface area (Å²) in [6.07, 6.45) is 0. The van der Waals surface area contributed by atoms with Crippen LogP contribution in [0.1, 0.15) is 0 Å². The van der Waals surface area contributed by atoms with E-state index in [1.807, 2.05) is 12.1 Å². The lowest BCUT2D eigenvalue weighted by molar-refractivity contribution is 0.954. The second kappa shape index (κ2) is 12.4. The molecule has 0 saturated heterocycles. The van der Waals surface area contributed by atoms with Gasteiger partial charge in [-0.2, -0.15) is 9.97 Å². The monoisotopic (exact) mass is 724 g/mol. The topological polar surface area (TPSA) is 43.6 Å². The van der Waals surface area contributed by atoms with E-state index >= 15 is 0 Å². The highest BCUT2D eigenvalue weighted by Gasteiger charge is 2.26. The number of aromatic nitrogens is 4. The van der Waals surface area contributed by atoms with Crippen LogP contribution in [0.2, 0.25) is 0 Å². The first-order chi connectivity index (χ1) is 28.2. The van der Waals surface area contributed by atoms with E-state index in [1.54, 1.807) is 0 Å². The third kappa shape index (κ3) is 4.98. The molecule has 0 unspecified atom stereocenters. The molecule has 4 nitrogen and oxygen atoms in total. The lowest BCUT2D eigenvalue weighted by Crippen LogP contribution is -2.06. The average Bonchev–Trinajstić information content (AvgIpc) is 3.79. The molecule has 1 aliphatic rings. The Morgan fingerprint density at radius 2 is 0.789 bits per heavy atom. The van der Waals surface area contributed by atoms with Crippen LogP contribution in [-0.4, -0.2) is 19.5 Å². The fourth-order valence-corrected chi connectivity index (χ4v) is 8.89. The highest BCUT2D eigenvalue weighted by molar-refractivity contribution is 6.30. The van der Waals surface area contributed by atoms with E-state index < -0.39 is 0 Å². The van der Waals surface area contributed by atoms with Crippen molar-refractivity contribution in [3.63, 3.8) is 0 Å². The lowest BCUT2D eigenvalue weighted by atomic mass is 9.97. The van der Waals surface area contributed by atoms with Crippen molar-refractivity contribution in [1.29, 1.82) is 0 Å². The highest BCUT2D eigenvalue weighted by atomic mass is 15.2. The number of fused-ring (bicyclic) bond motifs is 8. The molecule has 0 atom stereocenters. The van der Waals surface area contributed by atoms with Gasteiger partial charge in [0.1, 0.15) is 0 Å². The molecule has 0 saturated carbocycles. The maximum Gasteiger partial charge on any atom is 0.238 e. The minimum absolute atomic E-state index is 0.582. The van der Waals surface area contributed by atoms with E-state index in [2.05, 4.69) is 187 Å². The minimum atomic E-state index is 0.582. The number of benzene rings is 9. The van der Waals surface area contributed by atoms with Crippen molar-refractivity contribution < 1.29 is 0 Å². The Labute approximate surface area is 329 Å². The molecule has 0 radical (unpaired) electrons. The summed E-state index contributed by atoms with van der Waals surface area (Å²) in [7, 11) is 0. The molecule has 264 valence electrons. The molecule has 11 aromatic rings. The van der Waals surface area contributed by atoms with Crippen molar-refractivity contribution in [2.24, 2.45) is 0 Å². The number of hydrogen-bond acceptors (Lipinski definition) is 3. The van der Waals surface area contributed by atoms with Gasteiger partial charge in [0.15, 0.2) is 11.6 Å². The van der Waals surface area contributed by atoms with Gasteiger partial charge >= 0.3 is 0 Å². The molecule has 12 rings (SSSR count). The molecule has 0 bridgehead atoms. The van der Waals surface area contributed by atoms with Gasteiger partial charge in [-0.3, -0.25) is 4.57 Å². The summed E-state index contributed by atoms with van der Waals surface area (Å²) in [5.41, 5.74) is 13.6. The molecule has 0 N–H and O–H groups in total. The molecule has 0 aliphatic heterocycles. The molecular formula is C53H32N4. The Bertz CT molecular complexity index is 3260. The van der Waals surface area contributed by atoms with E-state index in [1.165, 1.54) is 65.7 Å². The van der Waals surface area contributed by atoms with E-state index in [-0.39, 0.29) is 0 Å². The van der Waals surface area contributed by atoms with Crippen molar-refractivity contribution >= 4 is 43.4 Å². The highest BCUT2D eigenvalue weighted by Crippen LogP contribution is 2.51. The van der Waals surface area contributed by atoms with E-state index in [9.17, 15) is 0 Å². The quantitative estimate of drug-likeness (QED) is 0.177. The SMILES string of the molecule is c1ccc(-c2ccc(-c3nc(-c4ccc(-c5ccccc5)cc4)nc(-n4c5cc6ccccc6cc5c5c6cccc7c6c(cc54)-c4ccccc4-7)n3)cc2)cc1. The zero-order valence-corrected chi connectivity index (χ0v) is 30.8. The van der Waals surface area contributed by atoms with Crippen LogP contribution in [0.3, 0.4) is 0 Å². The van der Waals surface area contributed by atoms with Crippen molar-refractivity contribution in [3.8, 4) is 73.2 Å². The predicted octanol–water partition coefficient (Wildman–Crippen LogP) is 13.6. The van der Waals surface area contributed by atoms with Gasteiger partial charge in [0.25, 0.3) is 0 Å². The van der Waals surface area contributed by atoms with Gasteiger partial charge in [-0.1, -0.05) is 176 Å². The molecule has 0 fully saturated rings. The molecule has 57 heavy (non-hydrogen) atoms. The van der Waals surface area contributed by atoms with Crippen LogP contribution < -0.4 is 0 Å². The van der Waals surface area contributed by atoms with Gasteiger partial charge in [0, 0.05) is 21.9 Å². The summed E-state index contributed by atoms with van der Waals surface area (Å²) in [6, 6.07) is 69.1. The fourth-order valence-electron chi connectivity index (χ4n) is 8.89. The third-order valence-electron chi connectivity index (χ3n) is 11.6. The normalized spacial score (nSPS) is 11.9. The minimum Gasteiger partial charge on any atom is -0.278 e. The van der Waals surface area contributed by atoms with Crippen molar-refractivity contribution in [2.45, 2.75) is 0 Å². The Hall–Kier alpha value is -7.69. The summed E-state index contributed by atoms with van der Waals surface area (Å²) in [5.74, 6) is 1.82. The van der Waals surface area contributed by atoms with Crippen LogP contribution in [0.5, 0.6) is 0 Å². The summed E-state index contributed by atoms with van der Waals surface area (Å²) in [4.78, 5) is 15.9. The Balaban J connectivity index is 1.14. The molecule has 0 spiro atoms. The lowest BCUT2D eigenvalue weighted by Gasteiger charge is -2.12. The first-order valence-corrected chi connectivity index (χ1v) is 19.4. The zero-order valence-electron chi connectivity index (χ0n) is 30.8. The van der Waals surface area contributed by atoms with Crippen molar-refractivity contribution in [1.82, 2.24) is 19.5 Å². The first-order valence-electron chi connectivity index (χ1n) is 19.4. The van der Waals surface area contributed by atoms with Gasteiger partial charge < -0.3 is 0 Å². The van der Waals surface area contributed by atoms with Crippen molar-refractivity contribution in [3.05, 3.63) is 194 Å². The number of nitrogens with zero attached hydrogens (tertiary/aromatic N) is 4. The number of hydrogen-bond donors (Lipinski definition) is 0. The largest absolute Gasteiger partial charge is 0.278 e. The first kappa shape index (κ1) is 31.6. The summed E-state index contributed by atoms with van der Waals surface area (Å²) in [5, 5.41) is 7.27. The molecule has 2 aromatic heterocycles. The van der Waals surface area contributed by atoms with Gasteiger partial charge in [-0.05, 0) is 84.3 Å². The van der Waals surface area contributed by atoms with Gasteiger partial charge in [0.05, 0.1) is 11.0 Å². The standard InChI is InChI=1S/C53H32N4/c1-3-12-33(13-4-1)35-22-26-37(27-23-35)51-54-52(38-28-24-36(25-29-38)34-14-5-2-6-15-34)56-53(55-51)57-47-31-40-17-8-7-16-39(40)30-46(47)50-44-21-11-20-43-41-18-9-10-19-42(41)45(49(43)44)32-48(50)57/h1-32H.